The van der Waals surface area contributed by atoms with E-state index in [1.807, 2.05) is 0 Å². The van der Waals surface area contributed by atoms with Crippen molar-refractivity contribution in [1.29, 1.82) is 0 Å². The van der Waals surface area contributed by atoms with Gasteiger partial charge in [0.2, 0.25) is 0 Å². The molecule has 1 fully saturated rings. The fraction of sp³-hybridized carbons (Fsp3) is 0.833. The lowest BCUT2D eigenvalue weighted by atomic mass is 9.90. The van der Waals surface area contributed by atoms with Gasteiger partial charge in [0.15, 0.2) is 0 Å². The van der Waals surface area contributed by atoms with E-state index in [-0.39, 0.29) is 0 Å². The molecule has 2 aliphatic rings. The summed E-state index contributed by atoms with van der Waals surface area (Å²) in [6, 6.07) is 0.798. The molecule has 2 aliphatic heterocycles. The number of nitrogens with one attached hydrogen (secondary N) is 1. The summed E-state index contributed by atoms with van der Waals surface area (Å²) in [6.45, 7) is 2.28. The number of unbranched alkanes of at least 4 members (excludes halogenated alkanes) is 2. The van der Waals surface area contributed by atoms with Gasteiger partial charge in [0.1, 0.15) is 0 Å². The molecule has 2 atom stereocenters. The summed E-state index contributed by atoms with van der Waals surface area (Å²) in [5, 5.41) is 3.78. The van der Waals surface area contributed by atoms with Crippen molar-refractivity contribution in [3.05, 3.63) is 12.2 Å². The highest BCUT2D eigenvalue weighted by Gasteiger charge is 2.37. The van der Waals surface area contributed by atoms with Crippen LogP contribution in [0.4, 0.5) is 0 Å². The number of fused-ring (bicyclic) bond motifs is 2. The fourth-order valence-electron chi connectivity index (χ4n) is 2.72. The SMILES string of the molecule is CCCCCC12C=CCC(CC1)N2. The van der Waals surface area contributed by atoms with Gasteiger partial charge in [0.05, 0.1) is 0 Å². The van der Waals surface area contributed by atoms with Crippen LogP contribution in [0.25, 0.3) is 0 Å². The van der Waals surface area contributed by atoms with Gasteiger partial charge in [-0.3, -0.25) is 0 Å². The monoisotopic (exact) mass is 179 g/mol. The molecule has 1 N–H and O–H groups in total. The third kappa shape index (κ3) is 1.96. The Morgan fingerprint density at radius 1 is 1.46 bits per heavy atom. The third-order valence-corrected chi connectivity index (χ3v) is 3.51. The van der Waals surface area contributed by atoms with E-state index in [1.54, 1.807) is 0 Å². The maximum Gasteiger partial charge on any atom is 0.0367 e. The second kappa shape index (κ2) is 3.83. The molecule has 2 unspecified atom stereocenters. The molecule has 0 aromatic heterocycles. The highest BCUT2D eigenvalue weighted by atomic mass is 15.0. The zero-order valence-electron chi connectivity index (χ0n) is 8.68. The molecule has 74 valence electrons. The normalized spacial score (nSPS) is 36.8. The van der Waals surface area contributed by atoms with Crippen LogP contribution in [0, 0.1) is 0 Å². The lowest BCUT2D eigenvalue weighted by Crippen LogP contribution is -2.43. The van der Waals surface area contributed by atoms with E-state index in [2.05, 4.69) is 24.4 Å². The molecule has 1 saturated heterocycles. The van der Waals surface area contributed by atoms with Crippen LogP contribution in [0.5, 0.6) is 0 Å². The molecule has 1 nitrogen and oxygen atoms in total. The van der Waals surface area contributed by atoms with Crippen molar-refractivity contribution in [3.63, 3.8) is 0 Å². The van der Waals surface area contributed by atoms with Gasteiger partial charge in [-0.2, -0.15) is 0 Å². The Hall–Kier alpha value is -0.300. The van der Waals surface area contributed by atoms with Crippen LogP contribution >= 0.6 is 0 Å². The molecule has 0 amide bonds. The van der Waals surface area contributed by atoms with Crippen molar-refractivity contribution in [2.24, 2.45) is 0 Å². The van der Waals surface area contributed by atoms with E-state index in [0.717, 1.165) is 6.04 Å². The van der Waals surface area contributed by atoms with Crippen LogP contribution < -0.4 is 5.32 Å². The van der Waals surface area contributed by atoms with Gasteiger partial charge in [-0.15, -0.1) is 0 Å². The Kier molecular flexibility index (Phi) is 2.73. The van der Waals surface area contributed by atoms with Gasteiger partial charge in [-0.25, -0.2) is 0 Å². The Morgan fingerprint density at radius 3 is 3.23 bits per heavy atom. The average molecular weight is 179 g/mol. The molecule has 0 aliphatic carbocycles. The van der Waals surface area contributed by atoms with E-state index in [0.29, 0.717) is 5.54 Å². The topological polar surface area (TPSA) is 12.0 Å². The van der Waals surface area contributed by atoms with Crippen molar-refractivity contribution in [2.75, 3.05) is 0 Å². The van der Waals surface area contributed by atoms with Crippen molar-refractivity contribution in [2.45, 2.75) is 63.5 Å². The van der Waals surface area contributed by atoms with E-state index in [4.69, 9.17) is 0 Å². The summed E-state index contributed by atoms with van der Waals surface area (Å²) in [6.07, 6.45) is 14.3. The Balaban J connectivity index is 1.88. The fourth-order valence-corrected chi connectivity index (χ4v) is 2.72. The predicted octanol–water partition coefficient (Wildman–Crippen LogP) is 3.02. The molecule has 0 saturated carbocycles. The first-order valence-corrected chi connectivity index (χ1v) is 5.80. The van der Waals surface area contributed by atoms with Gasteiger partial charge < -0.3 is 5.32 Å². The average Bonchev–Trinajstić information content (AvgIpc) is 2.43. The lowest BCUT2D eigenvalue weighted by molar-refractivity contribution is 0.380. The first-order chi connectivity index (χ1) is 6.35. The van der Waals surface area contributed by atoms with Crippen LogP contribution in [0.1, 0.15) is 51.9 Å². The van der Waals surface area contributed by atoms with E-state index >= 15 is 0 Å². The van der Waals surface area contributed by atoms with Gasteiger partial charge in [0, 0.05) is 11.6 Å². The van der Waals surface area contributed by atoms with Crippen LogP contribution in [0.3, 0.4) is 0 Å². The Bertz CT molecular complexity index is 197. The zero-order chi connectivity index (χ0) is 9.15. The molecular formula is C12H21N. The molecular weight excluding hydrogens is 158 g/mol. The molecule has 1 heteroatoms. The second-order valence-corrected chi connectivity index (χ2v) is 4.63. The minimum absolute atomic E-state index is 0.415. The van der Waals surface area contributed by atoms with Gasteiger partial charge in [-0.1, -0.05) is 38.3 Å². The number of rotatable bonds is 4. The summed E-state index contributed by atoms with van der Waals surface area (Å²) in [5.41, 5.74) is 0.415. The summed E-state index contributed by atoms with van der Waals surface area (Å²) in [5.74, 6) is 0. The molecule has 2 rings (SSSR count). The maximum absolute atomic E-state index is 3.78. The lowest BCUT2D eigenvalue weighted by Gasteiger charge is -2.30. The van der Waals surface area contributed by atoms with Gasteiger partial charge in [0.25, 0.3) is 0 Å². The standard InChI is InChI=1S/C12H21N/c1-2-3-4-8-12-9-5-6-11(13-12)7-10-12/h5,9,11,13H,2-4,6-8,10H2,1H3. The highest BCUT2D eigenvalue weighted by molar-refractivity contribution is 5.16. The summed E-state index contributed by atoms with van der Waals surface area (Å²) < 4.78 is 0. The summed E-state index contributed by atoms with van der Waals surface area (Å²) >= 11 is 0. The van der Waals surface area contributed by atoms with Crippen LogP contribution in [0.15, 0.2) is 12.2 Å². The molecule has 13 heavy (non-hydrogen) atoms. The largest absolute Gasteiger partial charge is 0.305 e. The second-order valence-electron chi connectivity index (χ2n) is 4.63. The first kappa shape index (κ1) is 9.26. The van der Waals surface area contributed by atoms with Crippen molar-refractivity contribution >= 4 is 0 Å². The summed E-state index contributed by atoms with van der Waals surface area (Å²) in [4.78, 5) is 0. The molecule has 2 bridgehead atoms. The van der Waals surface area contributed by atoms with E-state index < -0.39 is 0 Å². The van der Waals surface area contributed by atoms with Crippen LogP contribution in [-0.2, 0) is 0 Å². The molecule has 0 aromatic rings. The smallest absolute Gasteiger partial charge is 0.0367 e. The van der Waals surface area contributed by atoms with Crippen molar-refractivity contribution < 1.29 is 0 Å². The zero-order valence-corrected chi connectivity index (χ0v) is 8.68. The third-order valence-electron chi connectivity index (χ3n) is 3.51. The molecule has 0 spiro atoms. The highest BCUT2D eigenvalue weighted by Crippen LogP contribution is 2.34. The van der Waals surface area contributed by atoms with Gasteiger partial charge >= 0.3 is 0 Å². The van der Waals surface area contributed by atoms with Crippen molar-refractivity contribution in [3.8, 4) is 0 Å². The minimum atomic E-state index is 0.415. The number of hydrogen-bond donors (Lipinski definition) is 1. The van der Waals surface area contributed by atoms with Gasteiger partial charge in [-0.05, 0) is 25.7 Å². The Labute approximate surface area is 81.6 Å². The summed E-state index contributed by atoms with van der Waals surface area (Å²) in [7, 11) is 0. The maximum atomic E-state index is 3.78. The van der Waals surface area contributed by atoms with E-state index in [9.17, 15) is 0 Å². The molecule has 0 radical (unpaired) electrons. The first-order valence-electron chi connectivity index (χ1n) is 5.80. The molecule has 0 aromatic carbocycles. The quantitative estimate of drug-likeness (QED) is 0.516. The predicted molar refractivity (Wildman–Crippen MR) is 56.8 cm³/mol. The van der Waals surface area contributed by atoms with Crippen LogP contribution in [-0.4, -0.2) is 11.6 Å². The van der Waals surface area contributed by atoms with Crippen LogP contribution in [0.2, 0.25) is 0 Å². The molecule has 2 heterocycles. The van der Waals surface area contributed by atoms with Crippen molar-refractivity contribution in [1.82, 2.24) is 5.32 Å². The Morgan fingerprint density at radius 2 is 2.38 bits per heavy atom. The minimum Gasteiger partial charge on any atom is -0.305 e. The van der Waals surface area contributed by atoms with E-state index in [1.165, 1.54) is 44.9 Å². The number of hydrogen-bond acceptors (Lipinski definition) is 1.